The highest BCUT2D eigenvalue weighted by Gasteiger charge is 2.20. The van der Waals surface area contributed by atoms with Crippen molar-refractivity contribution >= 4 is 22.8 Å². The Morgan fingerprint density at radius 1 is 1.25 bits per heavy atom. The molecule has 1 aromatic carbocycles. The Bertz CT molecular complexity index is 1070. The van der Waals surface area contributed by atoms with Crippen molar-refractivity contribution in [2.45, 2.75) is 6.42 Å². The van der Waals surface area contributed by atoms with Crippen molar-refractivity contribution in [3.05, 3.63) is 42.2 Å². The van der Waals surface area contributed by atoms with Gasteiger partial charge >= 0.3 is 6.09 Å². The first-order valence-corrected chi connectivity index (χ1v) is 8.84. The summed E-state index contributed by atoms with van der Waals surface area (Å²) in [6.07, 6.45) is 5.27. The van der Waals surface area contributed by atoms with Gasteiger partial charge in [-0.3, -0.25) is 0 Å². The molecule has 1 amide bonds. The van der Waals surface area contributed by atoms with E-state index in [0.717, 1.165) is 27.9 Å². The molecule has 0 saturated carbocycles. The van der Waals surface area contributed by atoms with Gasteiger partial charge in [0.1, 0.15) is 5.52 Å². The number of hydrogen-bond donors (Lipinski definition) is 2. The number of hydrogen-bond acceptors (Lipinski definition) is 5. The van der Waals surface area contributed by atoms with Crippen LogP contribution in [0.4, 0.5) is 4.79 Å². The van der Waals surface area contributed by atoms with Gasteiger partial charge < -0.3 is 24.5 Å². The second-order valence-corrected chi connectivity index (χ2v) is 6.43. The number of nitrogens with one attached hydrogen (secondary N) is 1. The van der Waals surface area contributed by atoms with Crippen LogP contribution in [0.15, 0.2) is 36.7 Å². The van der Waals surface area contributed by atoms with Crippen LogP contribution in [0.2, 0.25) is 0 Å². The molecule has 3 aromatic rings. The SMILES string of the molecule is COc1ccc(-c2cnc3[nH]cc(C4=CCN(C(=O)O)CC4)c3n2)cc1OC. The predicted octanol–water partition coefficient (Wildman–Crippen LogP) is 3.41. The maximum absolute atomic E-state index is 11.1. The quantitative estimate of drug-likeness (QED) is 0.719. The Morgan fingerprint density at radius 2 is 2.07 bits per heavy atom. The van der Waals surface area contributed by atoms with Crippen molar-refractivity contribution < 1.29 is 19.4 Å². The molecule has 0 unspecified atom stereocenters. The molecular formula is C20H20N4O4. The summed E-state index contributed by atoms with van der Waals surface area (Å²) < 4.78 is 10.7. The molecule has 1 aliphatic heterocycles. The summed E-state index contributed by atoms with van der Waals surface area (Å²) in [5.74, 6) is 1.28. The standard InChI is InChI=1S/C20H20N4O4/c1-27-16-4-3-13(9-17(16)28-2)15-11-22-19-18(23-15)14(10-21-19)12-5-7-24(8-6-12)20(25)26/h3-5,9-11H,6-8H2,1-2H3,(H,21,22)(H,25,26). The van der Waals surface area contributed by atoms with E-state index in [2.05, 4.69) is 9.97 Å². The molecule has 0 radical (unpaired) electrons. The van der Waals surface area contributed by atoms with Crippen LogP contribution in [0.3, 0.4) is 0 Å². The van der Waals surface area contributed by atoms with E-state index in [1.165, 1.54) is 4.90 Å². The average molecular weight is 380 g/mol. The van der Waals surface area contributed by atoms with Gasteiger partial charge in [0.2, 0.25) is 0 Å². The van der Waals surface area contributed by atoms with Crippen LogP contribution in [0.5, 0.6) is 11.5 Å². The maximum Gasteiger partial charge on any atom is 0.407 e. The molecule has 3 heterocycles. The number of benzene rings is 1. The largest absolute Gasteiger partial charge is 0.493 e. The van der Waals surface area contributed by atoms with Gasteiger partial charge in [-0.15, -0.1) is 0 Å². The normalized spacial score (nSPS) is 14.1. The lowest BCUT2D eigenvalue weighted by Crippen LogP contribution is -2.33. The smallest absolute Gasteiger partial charge is 0.407 e. The molecule has 0 saturated heterocycles. The van der Waals surface area contributed by atoms with Crippen molar-refractivity contribution in [1.82, 2.24) is 19.9 Å². The van der Waals surface area contributed by atoms with Crippen molar-refractivity contribution in [3.63, 3.8) is 0 Å². The van der Waals surface area contributed by atoms with E-state index in [0.29, 0.717) is 36.7 Å². The van der Waals surface area contributed by atoms with Crippen molar-refractivity contribution in [1.29, 1.82) is 0 Å². The molecule has 2 N–H and O–H groups in total. The highest BCUT2D eigenvalue weighted by atomic mass is 16.5. The molecule has 144 valence electrons. The van der Waals surface area contributed by atoms with E-state index in [-0.39, 0.29) is 0 Å². The summed E-state index contributed by atoms with van der Waals surface area (Å²) in [6.45, 7) is 0.844. The molecule has 8 nitrogen and oxygen atoms in total. The van der Waals surface area contributed by atoms with E-state index >= 15 is 0 Å². The van der Waals surface area contributed by atoms with E-state index < -0.39 is 6.09 Å². The first kappa shape index (κ1) is 17.8. The predicted molar refractivity (Wildman–Crippen MR) is 105 cm³/mol. The van der Waals surface area contributed by atoms with E-state index in [1.807, 2.05) is 30.5 Å². The number of amides is 1. The third-order valence-corrected chi connectivity index (χ3v) is 4.89. The minimum absolute atomic E-state index is 0.375. The number of carbonyl (C=O) groups is 1. The molecular weight excluding hydrogens is 360 g/mol. The Balaban J connectivity index is 1.72. The van der Waals surface area contributed by atoms with Gasteiger partial charge in [0, 0.05) is 30.4 Å². The zero-order chi connectivity index (χ0) is 19.7. The van der Waals surface area contributed by atoms with Gasteiger partial charge in [0.15, 0.2) is 17.1 Å². The first-order valence-electron chi connectivity index (χ1n) is 8.84. The number of nitrogens with zero attached hydrogens (tertiary/aromatic N) is 3. The second-order valence-electron chi connectivity index (χ2n) is 6.43. The first-order chi connectivity index (χ1) is 13.6. The number of aromatic amines is 1. The second kappa shape index (κ2) is 7.22. The highest BCUT2D eigenvalue weighted by Crippen LogP contribution is 2.33. The molecule has 1 aliphatic rings. The van der Waals surface area contributed by atoms with Crippen LogP contribution >= 0.6 is 0 Å². The fourth-order valence-corrected chi connectivity index (χ4v) is 3.36. The van der Waals surface area contributed by atoms with Crippen LogP contribution < -0.4 is 9.47 Å². The van der Waals surface area contributed by atoms with E-state index in [9.17, 15) is 4.79 Å². The third-order valence-electron chi connectivity index (χ3n) is 4.89. The van der Waals surface area contributed by atoms with Crippen molar-refractivity contribution in [2.24, 2.45) is 0 Å². The zero-order valence-electron chi connectivity index (χ0n) is 15.6. The molecule has 0 fully saturated rings. The number of H-pyrrole nitrogens is 1. The lowest BCUT2D eigenvalue weighted by molar-refractivity contribution is 0.150. The van der Waals surface area contributed by atoms with E-state index in [1.54, 1.807) is 20.4 Å². The Hall–Kier alpha value is -3.55. The fraction of sp³-hybridized carbons (Fsp3) is 0.250. The number of rotatable bonds is 4. The molecule has 0 aliphatic carbocycles. The molecule has 0 bridgehead atoms. The molecule has 0 atom stereocenters. The number of aromatic nitrogens is 3. The summed E-state index contributed by atoms with van der Waals surface area (Å²) in [7, 11) is 3.19. The summed E-state index contributed by atoms with van der Waals surface area (Å²) in [5, 5.41) is 9.12. The van der Waals surface area contributed by atoms with Crippen LogP contribution in [0.25, 0.3) is 28.0 Å². The van der Waals surface area contributed by atoms with Crippen LogP contribution in [-0.2, 0) is 0 Å². The van der Waals surface area contributed by atoms with Gasteiger partial charge in [0.05, 0.1) is 26.1 Å². The zero-order valence-corrected chi connectivity index (χ0v) is 15.6. The van der Waals surface area contributed by atoms with Crippen molar-refractivity contribution in [3.8, 4) is 22.8 Å². The van der Waals surface area contributed by atoms with Crippen LogP contribution in [0, 0.1) is 0 Å². The molecule has 28 heavy (non-hydrogen) atoms. The maximum atomic E-state index is 11.1. The van der Waals surface area contributed by atoms with Crippen LogP contribution in [-0.4, -0.2) is 58.4 Å². The number of fused-ring (bicyclic) bond motifs is 1. The summed E-state index contributed by atoms with van der Waals surface area (Å²) >= 11 is 0. The average Bonchev–Trinajstić information content (AvgIpc) is 3.16. The minimum atomic E-state index is -0.898. The summed E-state index contributed by atoms with van der Waals surface area (Å²) in [5.41, 5.74) is 5.08. The molecule has 0 spiro atoms. The minimum Gasteiger partial charge on any atom is -0.493 e. The van der Waals surface area contributed by atoms with Gasteiger partial charge in [-0.2, -0.15) is 0 Å². The van der Waals surface area contributed by atoms with Crippen LogP contribution in [0.1, 0.15) is 12.0 Å². The summed E-state index contributed by atoms with van der Waals surface area (Å²) in [4.78, 5) is 24.9. The third kappa shape index (κ3) is 3.13. The molecule has 4 rings (SSSR count). The number of ether oxygens (including phenoxy) is 2. The van der Waals surface area contributed by atoms with Gasteiger partial charge in [-0.25, -0.2) is 14.8 Å². The number of carboxylic acid groups (broad SMARTS) is 1. The van der Waals surface area contributed by atoms with Gasteiger partial charge in [-0.1, -0.05) is 6.08 Å². The monoisotopic (exact) mass is 380 g/mol. The Labute approximate surface area is 161 Å². The highest BCUT2D eigenvalue weighted by molar-refractivity contribution is 5.89. The fourth-order valence-electron chi connectivity index (χ4n) is 3.36. The van der Waals surface area contributed by atoms with Gasteiger partial charge in [0.25, 0.3) is 0 Å². The Morgan fingerprint density at radius 3 is 2.75 bits per heavy atom. The van der Waals surface area contributed by atoms with Crippen molar-refractivity contribution in [2.75, 3.05) is 27.3 Å². The number of methoxy groups -OCH3 is 2. The molecule has 2 aromatic heterocycles. The van der Waals surface area contributed by atoms with E-state index in [4.69, 9.17) is 19.6 Å². The summed E-state index contributed by atoms with van der Waals surface area (Å²) in [6, 6.07) is 5.61. The molecule has 8 heteroatoms. The van der Waals surface area contributed by atoms with Gasteiger partial charge in [-0.05, 0) is 30.2 Å². The Kier molecular flexibility index (Phi) is 4.60. The topological polar surface area (TPSA) is 101 Å². The lowest BCUT2D eigenvalue weighted by Gasteiger charge is -2.23. The lowest BCUT2D eigenvalue weighted by atomic mass is 10.0.